The lowest BCUT2D eigenvalue weighted by Crippen LogP contribution is -2.53. The predicted molar refractivity (Wildman–Crippen MR) is 138 cm³/mol. The zero-order valence-electron chi connectivity index (χ0n) is 20.3. The van der Waals surface area contributed by atoms with Crippen LogP contribution in [0.2, 0.25) is 0 Å². The SMILES string of the molecule is CS(=O)(=O)Nc1ccc2c(c1)S(=O)(=O)N=C(C1=C(O)[C@@H]3[C@H]4CC[C@@H](C4)[C@@H]3N(Cc3ccc(F)cc3)C1=O)N2. The lowest BCUT2D eigenvalue weighted by Gasteiger charge is -2.44. The maximum Gasteiger partial charge on any atom is 0.286 e. The normalized spacial score (nSPS) is 27.5. The van der Waals surface area contributed by atoms with Crippen LogP contribution in [-0.4, -0.2) is 50.9 Å². The lowest BCUT2D eigenvalue weighted by molar-refractivity contribution is -0.134. The quantitative estimate of drug-likeness (QED) is 0.510. The minimum absolute atomic E-state index is 0.0429. The Balaban J connectivity index is 1.41. The molecule has 0 radical (unpaired) electrons. The van der Waals surface area contributed by atoms with E-state index in [0.29, 0.717) is 5.56 Å². The highest BCUT2D eigenvalue weighted by Gasteiger charge is 2.57. The third kappa shape index (κ3) is 4.13. The maximum atomic E-state index is 13.9. The Morgan fingerprint density at radius 3 is 2.58 bits per heavy atom. The summed E-state index contributed by atoms with van der Waals surface area (Å²) in [6.07, 6.45) is 3.64. The molecule has 2 aromatic rings. The Kier molecular flexibility index (Phi) is 5.58. The molecule has 1 amide bonds. The summed E-state index contributed by atoms with van der Waals surface area (Å²) in [5.74, 6) is -1.38. The third-order valence-corrected chi connectivity index (χ3v) is 9.73. The standard InChI is InChI=1S/C25H25FN4O6S2/c1-37(33,34)28-17-8-9-18-19(11-17)38(35,36)29-24(27-18)21-23(31)20-14-4-5-15(10-14)22(20)30(25(21)32)12-13-2-6-16(26)7-3-13/h2-3,6-9,11,14-15,20,22,28,31H,4-5,10,12H2,1H3,(H,27,29)/t14-,15-,20+,22-/m0/s1. The number of hydrogen-bond donors (Lipinski definition) is 3. The van der Waals surface area contributed by atoms with Gasteiger partial charge in [0.2, 0.25) is 10.0 Å². The number of aliphatic hydroxyl groups excluding tert-OH is 1. The second-order valence-electron chi connectivity index (χ2n) is 10.3. The first-order valence-corrected chi connectivity index (χ1v) is 15.5. The fourth-order valence-electron chi connectivity index (χ4n) is 6.38. The number of carbonyl (C=O) groups excluding carboxylic acids is 1. The van der Waals surface area contributed by atoms with Gasteiger partial charge in [-0.2, -0.15) is 8.42 Å². The molecule has 38 heavy (non-hydrogen) atoms. The van der Waals surface area contributed by atoms with E-state index in [1.54, 1.807) is 17.0 Å². The van der Waals surface area contributed by atoms with Crippen LogP contribution in [-0.2, 0) is 31.4 Å². The van der Waals surface area contributed by atoms with Crippen LogP contribution in [0.25, 0.3) is 0 Å². The Labute approximate surface area is 219 Å². The number of fused-ring (bicyclic) bond motifs is 6. The highest BCUT2D eigenvalue weighted by Crippen LogP contribution is 2.55. The average Bonchev–Trinajstić information content (AvgIpc) is 3.45. The number of amidine groups is 1. The zero-order chi connectivity index (χ0) is 27.0. The first-order chi connectivity index (χ1) is 17.9. The largest absolute Gasteiger partial charge is 0.511 e. The summed E-state index contributed by atoms with van der Waals surface area (Å²) in [4.78, 5) is 15.3. The van der Waals surface area contributed by atoms with Crippen LogP contribution in [0.4, 0.5) is 15.8 Å². The highest BCUT2D eigenvalue weighted by atomic mass is 32.2. The molecule has 2 aliphatic carbocycles. The molecule has 2 aliphatic heterocycles. The predicted octanol–water partition coefficient (Wildman–Crippen LogP) is 2.98. The van der Waals surface area contributed by atoms with E-state index in [2.05, 4.69) is 14.4 Å². The van der Waals surface area contributed by atoms with E-state index in [0.717, 1.165) is 31.6 Å². The molecule has 2 saturated carbocycles. The van der Waals surface area contributed by atoms with E-state index in [-0.39, 0.29) is 63.8 Å². The number of nitrogens with one attached hydrogen (secondary N) is 2. The molecule has 2 aromatic carbocycles. The van der Waals surface area contributed by atoms with Crippen LogP contribution in [0.5, 0.6) is 0 Å². The number of nitrogens with zero attached hydrogens (tertiary/aromatic N) is 2. The number of benzene rings is 2. The van der Waals surface area contributed by atoms with Crippen LogP contribution >= 0.6 is 0 Å². The van der Waals surface area contributed by atoms with Gasteiger partial charge in [0.05, 0.1) is 11.9 Å². The minimum atomic E-state index is -4.35. The number of aliphatic hydroxyl groups is 1. The van der Waals surface area contributed by atoms with Crippen molar-refractivity contribution in [3.8, 4) is 0 Å². The van der Waals surface area contributed by atoms with Gasteiger partial charge in [0.25, 0.3) is 15.9 Å². The summed E-state index contributed by atoms with van der Waals surface area (Å²) in [5, 5.41) is 14.3. The summed E-state index contributed by atoms with van der Waals surface area (Å²) in [7, 11) is -7.99. The molecule has 2 heterocycles. The van der Waals surface area contributed by atoms with Crippen molar-refractivity contribution in [2.45, 2.75) is 36.7 Å². The second kappa shape index (κ2) is 8.53. The van der Waals surface area contributed by atoms with E-state index < -0.39 is 31.8 Å². The van der Waals surface area contributed by atoms with Crippen molar-refractivity contribution in [1.82, 2.24) is 4.90 Å². The van der Waals surface area contributed by atoms with Gasteiger partial charge in [0.1, 0.15) is 22.0 Å². The van der Waals surface area contributed by atoms with Crippen LogP contribution in [0.1, 0.15) is 24.8 Å². The van der Waals surface area contributed by atoms with Crippen molar-refractivity contribution in [1.29, 1.82) is 0 Å². The molecule has 4 aliphatic rings. The van der Waals surface area contributed by atoms with Crippen LogP contribution < -0.4 is 10.0 Å². The molecule has 0 unspecified atom stereocenters. The zero-order valence-corrected chi connectivity index (χ0v) is 21.9. The summed E-state index contributed by atoms with van der Waals surface area (Å²) in [5.41, 5.74) is 0.654. The van der Waals surface area contributed by atoms with Gasteiger partial charge >= 0.3 is 0 Å². The summed E-state index contributed by atoms with van der Waals surface area (Å²) in [6, 6.07) is 9.49. The molecule has 6 rings (SSSR count). The fourth-order valence-corrected chi connectivity index (χ4v) is 8.08. The molecule has 10 nitrogen and oxygen atoms in total. The Hall–Kier alpha value is -3.45. The van der Waals surface area contributed by atoms with E-state index in [1.165, 1.54) is 24.3 Å². The van der Waals surface area contributed by atoms with Gasteiger partial charge in [-0.05, 0) is 67.0 Å². The van der Waals surface area contributed by atoms with Gasteiger partial charge in [0, 0.05) is 24.2 Å². The van der Waals surface area contributed by atoms with E-state index >= 15 is 0 Å². The molecule has 0 spiro atoms. The van der Waals surface area contributed by atoms with Crippen molar-refractivity contribution in [2.24, 2.45) is 22.2 Å². The van der Waals surface area contributed by atoms with Gasteiger partial charge in [-0.15, -0.1) is 4.40 Å². The monoisotopic (exact) mass is 560 g/mol. The first-order valence-electron chi connectivity index (χ1n) is 12.1. The Bertz CT molecular complexity index is 1640. The molecular formula is C25H25FN4O6S2. The van der Waals surface area contributed by atoms with Crippen LogP contribution in [0.3, 0.4) is 0 Å². The van der Waals surface area contributed by atoms with Crippen LogP contribution in [0, 0.1) is 23.6 Å². The van der Waals surface area contributed by atoms with Gasteiger partial charge in [0.15, 0.2) is 5.84 Å². The number of hydrogen-bond acceptors (Lipinski definition) is 7. The molecule has 3 N–H and O–H groups in total. The van der Waals surface area contributed by atoms with Crippen molar-refractivity contribution in [3.05, 3.63) is 65.2 Å². The average molecular weight is 561 g/mol. The van der Waals surface area contributed by atoms with E-state index in [1.807, 2.05) is 0 Å². The molecule has 2 fully saturated rings. The molecule has 0 saturated heterocycles. The van der Waals surface area contributed by atoms with Crippen molar-refractivity contribution in [2.75, 3.05) is 16.3 Å². The van der Waals surface area contributed by atoms with Crippen molar-refractivity contribution < 1.29 is 31.1 Å². The highest BCUT2D eigenvalue weighted by molar-refractivity contribution is 7.92. The minimum Gasteiger partial charge on any atom is -0.511 e. The van der Waals surface area contributed by atoms with Crippen molar-refractivity contribution >= 4 is 43.2 Å². The van der Waals surface area contributed by atoms with Crippen molar-refractivity contribution in [3.63, 3.8) is 0 Å². The smallest absolute Gasteiger partial charge is 0.286 e. The summed E-state index contributed by atoms with van der Waals surface area (Å²) in [6.45, 7) is 0.178. The van der Waals surface area contributed by atoms with E-state index in [4.69, 9.17) is 0 Å². The number of anilines is 2. The topological polar surface area (TPSA) is 145 Å². The first kappa shape index (κ1) is 24.9. The fraction of sp³-hybridized carbons (Fsp3) is 0.360. The number of amides is 1. The van der Waals surface area contributed by atoms with Gasteiger partial charge < -0.3 is 15.3 Å². The van der Waals surface area contributed by atoms with E-state index in [9.17, 15) is 31.1 Å². The third-order valence-electron chi connectivity index (χ3n) is 7.81. The molecule has 13 heteroatoms. The number of rotatable bonds is 5. The number of sulfonamides is 2. The maximum absolute atomic E-state index is 13.9. The molecule has 200 valence electrons. The Morgan fingerprint density at radius 1 is 1.16 bits per heavy atom. The molecular weight excluding hydrogens is 535 g/mol. The molecule has 2 bridgehead atoms. The summed E-state index contributed by atoms with van der Waals surface area (Å²) < 4.78 is 69.0. The van der Waals surface area contributed by atoms with Crippen LogP contribution in [0.15, 0.2) is 63.1 Å². The number of carbonyl (C=O) groups is 1. The van der Waals surface area contributed by atoms with Gasteiger partial charge in [-0.25, -0.2) is 12.8 Å². The summed E-state index contributed by atoms with van der Waals surface area (Å²) >= 11 is 0. The molecule has 0 aromatic heterocycles. The Morgan fingerprint density at radius 2 is 1.87 bits per heavy atom. The number of halogens is 1. The van der Waals surface area contributed by atoms with Gasteiger partial charge in [-0.3, -0.25) is 9.52 Å². The van der Waals surface area contributed by atoms with Gasteiger partial charge in [-0.1, -0.05) is 12.1 Å². The second-order valence-corrected chi connectivity index (χ2v) is 13.6. The lowest BCUT2D eigenvalue weighted by atomic mass is 9.77. The molecule has 4 atom stereocenters.